The molecular formula is C24H21N3O4. The highest BCUT2D eigenvalue weighted by Gasteiger charge is 2.28. The number of carbonyl (C=O) groups is 3. The zero-order valence-corrected chi connectivity index (χ0v) is 17.0. The predicted octanol–water partition coefficient (Wildman–Crippen LogP) is 4.08. The van der Waals surface area contributed by atoms with E-state index in [0.29, 0.717) is 22.7 Å². The molecule has 2 aromatic carbocycles. The Kier molecular flexibility index (Phi) is 5.75. The molecule has 1 N–H and O–H groups in total. The van der Waals surface area contributed by atoms with Gasteiger partial charge in [0.15, 0.2) is 0 Å². The van der Waals surface area contributed by atoms with Crippen LogP contribution in [0.5, 0.6) is 11.5 Å². The van der Waals surface area contributed by atoms with E-state index in [2.05, 4.69) is 10.3 Å². The van der Waals surface area contributed by atoms with Gasteiger partial charge >= 0.3 is 0 Å². The van der Waals surface area contributed by atoms with E-state index in [1.165, 1.54) is 4.90 Å². The highest BCUT2D eigenvalue weighted by atomic mass is 16.5. The topological polar surface area (TPSA) is 88.6 Å². The van der Waals surface area contributed by atoms with Crippen molar-refractivity contribution in [1.82, 2.24) is 9.88 Å². The molecule has 1 saturated heterocycles. The van der Waals surface area contributed by atoms with Crippen molar-refractivity contribution in [2.45, 2.75) is 26.3 Å². The summed E-state index contributed by atoms with van der Waals surface area (Å²) in [4.78, 5) is 41.4. The monoisotopic (exact) mass is 415 g/mol. The Labute approximate surface area is 179 Å². The van der Waals surface area contributed by atoms with Crippen LogP contribution in [0.15, 0.2) is 67.0 Å². The molecule has 7 nitrogen and oxygen atoms in total. The van der Waals surface area contributed by atoms with Crippen molar-refractivity contribution in [3.8, 4) is 11.5 Å². The number of rotatable bonds is 6. The average Bonchev–Trinajstić information content (AvgIpc) is 3.09. The first-order valence-corrected chi connectivity index (χ1v) is 9.91. The van der Waals surface area contributed by atoms with Crippen molar-refractivity contribution in [3.63, 3.8) is 0 Å². The minimum atomic E-state index is -0.250. The van der Waals surface area contributed by atoms with Gasteiger partial charge in [0, 0.05) is 30.3 Å². The van der Waals surface area contributed by atoms with Gasteiger partial charge in [-0.15, -0.1) is 0 Å². The lowest BCUT2D eigenvalue weighted by atomic mass is 10.1. The van der Waals surface area contributed by atoms with Crippen molar-refractivity contribution in [2.24, 2.45) is 0 Å². The lowest BCUT2D eigenvalue weighted by Gasteiger charge is -2.14. The molecule has 0 unspecified atom stereocenters. The number of amides is 3. The number of carbonyl (C=O) groups excluding carboxylic acids is 3. The SMILES string of the molecule is Cc1cc(NC(=O)c2ccc(CN3C(=O)CCC3=O)cc2)ccc1Oc1cccnc1. The summed E-state index contributed by atoms with van der Waals surface area (Å²) in [6.07, 6.45) is 3.85. The molecule has 0 saturated carbocycles. The predicted molar refractivity (Wildman–Crippen MR) is 115 cm³/mol. The Balaban J connectivity index is 1.39. The van der Waals surface area contributed by atoms with Crippen molar-refractivity contribution < 1.29 is 19.1 Å². The summed E-state index contributed by atoms with van der Waals surface area (Å²) in [6.45, 7) is 2.13. The quantitative estimate of drug-likeness (QED) is 0.613. The van der Waals surface area contributed by atoms with Gasteiger partial charge in [0.25, 0.3) is 5.91 Å². The van der Waals surface area contributed by atoms with Crippen molar-refractivity contribution in [2.75, 3.05) is 5.32 Å². The summed E-state index contributed by atoms with van der Waals surface area (Å²) in [5.74, 6) is 0.762. The summed E-state index contributed by atoms with van der Waals surface area (Å²) in [7, 11) is 0. The fourth-order valence-electron chi connectivity index (χ4n) is 3.32. The highest BCUT2D eigenvalue weighted by Crippen LogP contribution is 2.27. The third kappa shape index (κ3) is 4.78. The lowest BCUT2D eigenvalue weighted by molar-refractivity contribution is -0.139. The Hall–Kier alpha value is -4.00. The Morgan fingerprint density at radius 3 is 2.45 bits per heavy atom. The number of nitrogens with one attached hydrogen (secondary N) is 1. The minimum absolute atomic E-state index is 0.154. The summed E-state index contributed by atoms with van der Waals surface area (Å²) < 4.78 is 5.81. The van der Waals surface area contributed by atoms with Crippen LogP contribution in [0.4, 0.5) is 5.69 Å². The van der Waals surface area contributed by atoms with E-state index in [-0.39, 0.29) is 37.1 Å². The number of aromatic nitrogens is 1. The first-order chi connectivity index (χ1) is 15.0. The van der Waals surface area contributed by atoms with Gasteiger partial charge in [-0.05, 0) is 60.5 Å². The molecule has 3 amide bonds. The Morgan fingerprint density at radius 2 is 1.81 bits per heavy atom. The number of likely N-dealkylation sites (tertiary alicyclic amines) is 1. The van der Waals surface area contributed by atoms with E-state index < -0.39 is 0 Å². The van der Waals surface area contributed by atoms with Gasteiger partial charge in [-0.1, -0.05) is 12.1 Å². The lowest BCUT2D eigenvalue weighted by Crippen LogP contribution is -2.28. The Morgan fingerprint density at radius 1 is 1.06 bits per heavy atom. The summed E-state index contributed by atoms with van der Waals surface area (Å²) in [6, 6.07) is 15.9. The third-order valence-electron chi connectivity index (χ3n) is 5.01. The van der Waals surface area contributed by atoms with Gasteiger partial charge in [-0.2, -0.15) is 0 Å². The van der Waals surface area contributed by atoms with Crippen LogP contribution >= 0.6 is 0 Å². The number of hydrogen-bond acceptors (Lipinski definition) is 5. The normalized spacial score (nSPS) is 13.4. The largest absolute Gasteiger partial charge is 0.455 e. The van der Waals surface area contributed by atoms with Crippen LogP contribution in [0.3, 0.4) is 0 Å². The van der Waals surface area contributed by atoms with Gasteiger partial charge in [-0.3, -0.25) is 24.3 Å². The van der Waals surface area contributed by atoms with Gasteiger partial charge < -0.3 is 10.1 Å². The molecule has 7 heteroatoms. The molecule has 0 spiro atoms. The number of anilines is 1. The van der Waals surface area contributed by atoms with E-state index in [4.69, 9.17) is 4.74 Å². The fourth-order valence-corrected chi connectivity index (χ4v) is 3.32. The van der Waals surface area contributed by atoms with Crippen LogP contribution in [-0.2, 0) is 16.1 Å². The molecule has 1 aliphatic heterocycles. The average molecular weight is 415 g/mol. The Bertz CT molecular complexity index is 1110. The maximum absolute atomic E-state index is 12.6. The second-order valence-electron chi connectivity index (χ2n) is 7.30. The molecule has 0 atom stereocenters. The molecule has 0 radical (unpaired) electrons. The molecule has 0 aliphatic carbocycles. The van der Waals surface area contributed by atoms with Crippen LogP contribution < -0.4 is 10.1 Å². The molecular weight excluding hydrogens is 394 g/mol. The van der Waals surface area contributed by atoms with E-state index in [1.807, 2.05) is 19.1 Å². The van der Waals surface area contributed by atoms with Gasteiger partial charge in [0.05, 0.1) is 12.7 Å². The molecule has 4 rings (SSSR count). The summed E-state index contributed by atoms with van der Waals surface area (Å²) >= 11 is 0. The number of benzene rings is 2. The molecule has 0 bridgehead atoms. The van der Waals surface area contributed by atoms with Gasteiger partial charge in [-0.25, -0.2) is 0 Å². The molecule has 1 aromatic heterocycles. The molecule has 156 valence electrons. The first-order valence-electron chi connectivity index (χ1n) is 9.91. The molecule has 31 heavy (non-hydrogen) atoms. The number of aryl methyl sites for hydroxylation is 1. The summed E-state index contributed by atoms with van der Waals surface area (Å²) in [5, 5.41) is 2.87. The van der Waals surface area contributed by atoms with E-state index in [1.54, 1.807) is 54.9 Å². The second kappa shape index (κ2) is 8.79. The number of ether oxygens (including phenoxy) is 1. The molecule has 1 aliphatic rings. The molecule has 2 heterocycles. The smallest absolute Gasteiger partial charge is 0.255 e. The van der Waals surface area contributed by atoms with Crippen molar-refractivity contribution >= 4 is 23.4 Å². The van der Waals surface area contributed by atoms with Crippen molar-refractivity contribution in [1.29, 1.82) is 0 Å². The number of pyridine rings is 1. The minimum Gasteiger partial charge on any atom is -0.455 e. The number of hydrogen-bond donors (Lipinski definition) is 1. The summed E-state index contributed by atoms with van der Waals surface area (Å²) in [5.41, 5.74) is 2.80. The van der Waals surface area contributed by atoms with E-state index in [0.717, 1.165) is 11.1 Å². The van der Waals surface area contributed by atoms with Crippen LogP contribution in [-0.4, -0.2) is 27.6 Å². The van der Waals surface area contributed by atoms with Gasteiger partial charge in [0.2, 0.25) is 11.8 Å². The van der Waals surface area contributed by atoms with E-state index >= 15 is 0 Å². The van der Waals surface area contributed by atoms with Crippen LogP contribution in [0, 0.1) is 6.92 Å². The van der Waals surface area contributed by atoms with Crippen LogP contribution in [0.1, 0.15) is 34.3 Å². The first kappa shape index (κ1) is 20.3. The number of imide groups is 1. The van der Waals surface area contributed by atoms with Crippen LogP contribution in [0.2, 0.25) is 0 Å². The van der Waals surface area contributed by atoms with E-state index in [9.17, 15) is 14.4 Å². The third-order valence-corrected chi connectivity index (χ3v) is 5.01. The number of nitrogens with zero attached hydrogens (tertiary/aromatic N) is 2. The molecule has 3 aromatic rings. The highest BCUT2D eigenvalue weighted by molar-refractivity contribution is 6.04. The van der Waals surface area contributed by atoms with Crippen molar-refractivity contribution in [3.05, 3.63) is 83.7 Å². The maximum Gasteiger partial charge on any atom is 0.255 e. The molecule has 1 fully saturated rings. The maximum atomic E-state index is 12.6. The second-order valence-corrected chi connectivity index (χ2v) is 7.30. The van der Waals surface area contributed by atoms with Crippen LogP contribution in [0.25, 0.3) is 0 Å². The fraction of sp³-hybridized carbons (Fsp3) is 0.167. The zero-order valence-electron chi connectivity index (χ0n) is 17.0. The van der Waals surface area contributed by atoms with Gasteiger partial charge in [0.1, 0.15) is 11.5 Å². The zero-order chi connectivity index (χ0) is 21.8. The standard InChI is InChI=1S/C24H21N3O4/c1-16-13-19(8-9-21(16)31-20-3-2-12-25-14-20)26-24(30)18-6-4-17(5-7-18)15-27-22(28)10-11-23(27)29/h2-9,12-14H,10-11,15H2,1H3,(H,26,30).